The van der Waals surface area contributed by atoms with Crippen molar-refractivity contribution in [2.75, 3.05) is 18.2 Å². The van der Waals surface area contributed by atoms with E-state index in [1.165, 1.54) is 39.0 Å². The second-order valence-corrected chi connectivity index (χ2v) is 9.97. The Kier molecular flexibility index (Phi) is 6.83. The Morgan fingerprint density at radius 1 is 1.36 bits per heavy atom. The van der Waals surface area contributed by atoms with Crippen molar-refractivity contribution in [3.05, 3.63) is 62.1 Å². The minimum absolute atomic E-state index is 0.0374. The zero-order valence-corrected chi connectivity index (χ0v) is 20.6. The molecule has 3 heterocycles. The van der Waals surface area contributed by atoms with E-state index in [1.807, 2.05) is 19.1 Å². The lowest BCUT2D eigenvalue weighted by atomic mass is 10.2. The van der Waals surface area contributed by atoms with E-state index >= 15 is 0 Å². The summed E-state index contributed by atoms with van der Waals surface area (Å²) in [7, 11) is 1.57. The number of amides is 1. The highest BCUT2D eigenvalue weighted by atomic mass is 32.2. The zero-order valence-electron chi connectivity index (χ0n) is 18.2. The van der Waals surface area contributed by atoms with Gasteiger partial charge in [0, 0.05) is 10.9 Å². The number of anilines is 1. The summed E-state index contributed by atoms with van der Waals surface area (Å²) in [6, 6.07) is 10.9. The number of benzene rings is 1. The predicted octanol–water partition coefficient (Wildman–Crippen LogP) is 4.99. The van der Waals surface area contributed by atoms with Crippen molar-refractivity contribution in [2.45, 2.75) is 25.4 Å². The van der Waals surface area contributed by atoms with Crippen molar-refractivity contribution in [3.63, 3.8) is 0 Å². The van der Waals surface area contributed by atoms with Gasteiger partial charge in [-0.15, -0.1) is 22.7 Å². The van der Waals surface area contributed by atoms with Crippen LogP contribution in [0.5, 0.6) is 5.75 Å². The highest BCUT2D eigenvalue weighted by Crippen LogP contribution is 2.31. The fraction of sp³-hybridized carbons (Fsp3) is 0.217. The Morgan fingerprint density at radius 3 is 2.91 bits per heavy atom. The molecule has 1 N–H and O–H groups in total. The molecular weight excluding hydrogens is 476 g/mol. The van der Waals surface area contributed by atoms with Crippen molar-refractivity contribution < 1.29 is 9.53 Å². The Hall–Kier alpha value is -3.13. The van der Waals surface area contributed by atoms with Gasteiger partial charge in [0.2, 0.25) is 5.91 Å². The Labute approximate surface area is 202 Å². The summed E-state index contributed by atoms with van der Waals surface area (Å²) in [5.41, 5.74) is 1.81. The number of aryl methyl sites for hydroxylation is 2. The monoisotopic (exact) mass is 496 g/mol. The maximum absolute atomic E-state index is 13.6. The van der Waals surface area contributed by atoms with Crippen LogP contribution in [0, 0.1) is 18.3 Å². The molecule has 7 nitrogen and oxygen atoms in total. The van der Waals surface area contributed by atoms with E-state index < -0.39 is 0 Å². The molecule has 1 aromatic carbocycles. The summed E-state index contributed by atoms with van der Waals surface area (Å²) in [6.45, 7) is 4.00. The molecule has 33 heavy (non-hydrogen) atoms. The van der Waals surface area contributed by atoms with Crippen molar-refractivity contribution in [1.29, 1.82) is 5.26 Å². The number of nitriles is 1. The minimum Gasteiger partial charge on any atom is -0.497 e. The largest absolute Gasteiger partial charge is 0.497 e. The highest BCUT2D eigenvalue weighted by molar-refractivity contribution is 7.99. The van der Waals surface area contributed by atoms with Crippen molar-refractivity contribution in [2.24, 2.45) is 0 Å². The van der Waals surface area contributed by atoms with Crippen molar-refractivity contribution in [1.82, 2.24) is 9.55 Å². The van der Waals surface area contributed by atoms with Crippen LogP contribution in [0.15, 0.2) is 45.7 Å². The van der Waals surface area contributed by atoms with Gasteiger partial charge in [-0.05, 0) is 42.5 Å². The van der Waals surface area contributed by atoms with E-state index in [1.54, 1.807) is 30.7 Å². The Balaban J connectivity index is 1.75. The second kappa shape index (κ2) is 9.79. The number of ether oxygens (including phenoxy) is 1. The minimum atomic E-state index is -0.276. The maximum Gasteiger partial charge on any atom is 0.267 e. The molecule has 10 heteroatoms. The molecular formula is C23H20N4O3S3. The van der Waals surface area contributed by atoms with E-state index in [0.717, 1.165) is 16.9 Å². The van der Waals surface area contributed by atoms with E-state index in [-0.39, 0.29) is 17.2 Å². The van der Waals surface area contributed by atoms with Crippen LogP contribution in [-0.4, -0.2) is 28.3 Å². The first kappa shape index (κ1) is 23.0. The van der Waals surface area contributed by atoms with Gasteiger partial charge in [0.1, 0.15) is 21.7 Å². The van der Waals surface area contributed by atoms with Gasteiger partial charge in [0.05, 0.1) is 29.5 Å². The highest BCUT2D eigenvalue weighted by Gasteiger charge is 2.20. The third-order valence-corrected chi connectivity index (χ3v) is 8.13. The number of carbonyl (C=O) groups excluding carboxylic acids is 1. The molecule has 0 radical (unpaired) electrons. The van der Waals surface area contributed by atoms with Crippen LogP contribution >= 0.6 is 34.4 Å². The summed E-state index contributed by atoms with van der Waals surface area (Å²) >= 11 is 3.98. The summed E-state index contributed by atoms with van der Waals surface area (Å²) in [6.07, 6.45) is 0.818. The van der Waals surface area contributed by atoms with Gasteiger partial charge in [-0.1, -0.05) is 24.8 Å². The molecule has 3 aromatic heterocycles. The van der Waals surface area contributed by atoms with Gasteiger partial charge in [0.25, 0.3) is 5.56 Å². The molecule has 0 fully saturated rings. The molecule has 0 spiro atoms. The fourth-order valence-electron chi connectivity index (χ4n) is 3.41. The number of thioether (sulfide) groups is 1. The average molecular weight is 497 g/mol. The first-order valence-electron chi connectivity index (χ1n) is 10.1. The van der Waals surface area contributed by atoms with Crippen LogP contribution in [0.4, 0.5) is 5.00 Å². The number of hydrogen-bond acceptors (Lipinski definition) is 8. The number of nitrogens with one attached hydrogen (secondary N) is 1. The van der Waals surface area contributed by atoms with Crippen LogP contribution in [-0.2, 0) is 11.2 Å². The summed E-state index contributed by atoms with van der Waals surface area (Å²) in [5.74, 6) is 0.378. The molecule has 0 saturated carbocycles. The SMILES string of the molecule is CCc1sc2nc(SCC(=O)Nc3sccc3C#N)n(-c3cccc(OC)c3)c(=O)c2c1C. The number of thiophene rings is 2. The number of hydrogen-bond donors (Lipinski definition) is 1. The standard InChI is InChI=1S/C23H20N4O3S3/c1-4-17-13(2)19-21(33-17)26-23(27(22(19)29)15-6-5-7-16(10-15)30-3)32-12-18(28)25-20-14(11-24)8-9-31-20/h5-10H,4,12H2,1-3H3,(H,25,28). The fourth-order valence-corrected chi connectivity index (χ4v) is 6.13. The van der Waals surface area contributed by atoms with Crippen LogP contribution in [0.25, 0.3) is 15.9 Å². The third-order valence-electron chi connectivity index (χ3n) is 5.04. The van der Waals surface area contributed by atoms with Crippen LogP contribution < -0.4 is 15.6 Å². The van der Waals surface area contributed by atoms with E-state index in [2.05, 4.69) is 18.3 Å². The first-order valence-corrected chi connectivity index (χ1v) is 12.7. The Morgan fingerprint density at radius 2 is 2.18 bits per heavy atom. The zero-order chi connectivity index (χ0) is 23.5. The number of carbonyl (C=O) groups is 1. The number of rotatable bonds is 7. The molecule has 0 aliphatic heterocycles. The van der Waals surface area contributed by atoms with E-state index in [4.69, 9.17) is 15.0 Å². The second-order valence-electron chi connectivity index (χ2n) is 7.03. The van der Waals surface area contributed by atoms with Gasteiger partial charge >= 0.3 is 0 Å². The van der Waals surface area contributed by atoms with Crippen LogP contribution in [0.1, 0.15) is 22.9 Å². The van der Waals surface area contributed by atoms with E-state index in [0.29, 0.717) is 37.4 Å². The summed E-state index contributed by atoms with van der Waals surface area (Å²) in [5, 5.41) is 15.2. The third kappa shape index (κ3) is 4.53. The molecule has 4 rings (SSSR count). The Bertz CT molecular complexity index is 1450. The van der Waals surface area contributed by atoms with Gasteiger partial charge in [-0.2, -0.15) is 5.26 Å². The van der Waals surface area contributed by atoms with Crippen LogP contribution in [0.2, 0.25) is 0 Å². The lowest BCUT2D eigenvalue weighted by molar-refractivity contribution is -0.113. The molecule has 0 aliphatic rings. The number of nitrogens with zero attached hydrogens (tertiary/aromatic N) is 3. The van der Waals surface area contributed by atoms with Gasteiger partial charge in [0.15, 0.2) is 5.16 Å². The predicted molar refractivity (Wildman–Crippen MR) is 134 cm³/mol. The average Bonchev–Trinajstić information content (AvgIpc) is 3.40. The molecule has 1 amide bonds. The quantitative estimate of drug-likeness (QED) is 0.286. The topological polar surface area (TPSA) is 97.0 Å². The van der Waals surface area contributed by atoms with Crippen molar-refractivity contribution >= 4 is 55.6 Å². The molecule has 0 aliphatic carbocycles. The molecule has 0 unspecified atom stereocenters. The summed E-state index contributed by atoms with van der Waals surface area (Å²) in [4.78, 5) is 32.8. The number of aromatic nitrogens is 2. The lowest BCUT2D eigenvalue weighted by Crippen LogP contribution is -2.23. The number of fused-ring (bicyclic) bond motifs is 1. The van der Waals surface area contributed by atoms with Gasteiger partial charge < -0.3 is 10.1 Å². The van der Waals surface area contributed by atoms with E-state index in [9.17, 15) is 9.59 Å². The number of methoxy groups -OCH3 is 1. The molecule has 4 aromatic rings. The lowest BCUT2D eigenvalue weighted by Gasteiger charge is -2.13. The normalized spacial score (nSPS) is 10.8. The van der Waals surface area contributed by atoms with Gasteiger partial charge in [-0.25, -0.2) is 4.98 Å². The first-order chi connectivity index (χ1) is 16.0. The molecule has 0 saturated heterocycles. The van der Waals surface area contributed by atoms with Gasteiger partial charge in [-0.3, -0.25) is 14.2 Å². The maximum atomic E-state index is 13.6. The van der Waals surface area contributed by atoms with Crippen molar-refractivity contribution in [3.8, 4) is 17.5 Å². The summed E-state index contributed by atoms with van der Waals surface area (Å²) < 4.78 is 6.87. The molecule has 0 atom stereocenters. The smallest absolute Gasteiger partial charge is 0.267 e. The molecule has 0 bridgehead atoms. The van der Waals surface area contributed by atoms with Crippen LogP contribution in [0.3, 0.4) is 0 Å². The molecule has 168 valence electrons.